The molecule has 7 heteroatoms. The largest absolute Gasteiger partial charge is 0.504 e. The number of aromatic hydroxyl groups is 1. The molecular weight excluding hydrogens is 352 g/mol. The van der Waals surface area contributed by atoms with Gasteiger partial charge in [-0.25, -0.2) is 9.59 Å². The lowest BCUT2D eigenvalue weighted by molar-refractivity contribution is -0.144. The molecule has 0 aliphatic heterocycles. The molecule has 2 aromatic carbocycles. The number of carbonyl (C=O) groups is 2. The molecule has 0 saturated carbocycles. The molecule has 27 heavy (non-hydrogen) atoms. The van der Waals surface area contributed by atoms with Crippen LogP contribution in [0.25, 0.3) is 12.2 Å². The number of hydrogen-bond acceptors (Lipinski definition) is 6. The minimum atomic E-state index is -1.03. The van der Waals surface area contributed by atoms with Crippen molar-refractivity contribution < 1.29 is 34.0 Å². The monoisotopic (exact) mass is 370 g/mol. The molecule has 0 unspecified atom stereocenters. The summed E-state index contributed by atoms with van der Waals surface area (Å²) >= 11 is 0. The van der Waals surface area contributed by atoms with Crippen molar-refractivity contribution in [3.63, 3.8) is 0 Å². The Morgan fingerprint density at radius 2 is 1.67 bits per heavy atom. The van der Waals surface area contributed by atoms with Crippen LogP contribution in [0, 0.1) is 0 Å². The van der Waals surface area contributed by atoms with E-state index in [1.807, 2.05) is 0 Å². The first-order valence-corrected chi connectivity index (χ1v) is 7.83. The fourth-order valence-corrected chi connectivity index (χ4v) is 2.01. The van der Waals surface area contributed by atoms with Crippen molar-refractivity contribution in [2.24, 2.45) is 0 Å². The van der Waals surface area contributed by atoms with E-state index in [0.29, 0.717) is 22.6 Å². The topological polar surface area (TPSA) is 102 Å². The lowest BCUT2D eigenvalue weighted by Crippen LogP contribution is -2.07. The third kappa shape index (κ3) is 6.58. The summed E-state index contributed by atoms with van der Waals surface area (Å²) in [5.74, 6) is -0.836. The molecule has 0 aliphatic carbocycles. The van der Waals surface area contributed by atoms with Gasteiger partial charge in [0, 0.05) is 12.2 Å². The predicted molar refractivity (Wildman–Crippen MR) is 98.4 cm³/mol. The number of esters is 1. The quantitative estimate of drug-likeness (QED) is 0.418. The van der Waals surface area contributed by atoms with Crippen LogP contribution in [0.15, 0.2) is 54.6 Å². The molecule has 0 radical (unpaired) electrons. The third-order valence-corrected chi connectivity index (χ3v) is 3.34. The van der Waals surface area contributed by atoms with Crippen LogP contribution in [0.1, 0.15) is 11.1 Å². The van der Waals surface area contributed by atoms with E-state index in [1.54, 1.807) is 36.4 Å². The van der Waals surface area contributed by atoms with E-state index in [1.165, 1.54) is 31.4 Å². The zero-order valence-corrected chi connectivity index (χ0v) is 14.5. The number of carboxylic acids is 1. The summed E-state index contributed by atoms with van der Waals surface area (Å²) in [6.45, 7) is -0.271. The maximum Gasteiger partial charge on any atom is 0.333 e. The van der Waals surface area contributed by atoms with Crippen LogP contribution >= 0.6 is 0 Å². The van der Waals surface area contributed by atoms with Gasteiger partial charge in [0.05, 0.1) is 7.11 Å². The van der Waals surface area contributed by atoms with Crippen LogP contribution in [0.4, 0.5) is 0 Å². The van der Waals surface area contributed by atoms with Crippen molar-refractivity contribution in [2.75, 3.05) is 13.9 Å². The molecule has 7 nitrogen and oxygen atoms in total. The standard InChI is InChI=1S/C20H18O7/c1-25-18-12-15(4-9-17(18)21)6-11-20(24)27-13-26-16-7-2-14(3-8-16)5-10-19(22)23/h2-12,21H,13H2,1H3,(H,22,23)/b10-5+,11-6?. The minimum absolute atomic E-state index is 0.00935. The minimum Gasteiger partial charge on any atom is -0.504 e. The van der Waals surface area contributed by atoms with Gasteiger partial charge in [0.15, 0.2) is 11.5 Å². The first-order chi connectivity index (χ1) is 13.0. The zero-order valence-electron chi connectivity index (χ0n) is 14.5. The molecule has 2 aromatic rings. The number of phenols is 1. The van der Waals surface area contributed by atoms with Crippen molar-refractivity contribution >= 4 is 24.1 Å². The first kappa shape index (κ1) is 19.6. The number of aliphatic carboxylic acids is 1. The number of ether oxygens (including phenoxy) is 3. The molecule has 0 bridgehead atoms. The Morgan fingerprint density at radius 3 is 2.33 bits per heavy atom. The number of carboxylic acid groups (broad SMARTS) is 1. The van der Waals surface area contributed by atoms with E-state index in [0.717, 1.165) is 6.08 Å². The second-order valence-electron chi connectivity index (χ2n) is 5.23. The van der Waals surface area contributed by atoms with Gasteiger partial charge in [-0.1, -0.05) is 18.2 Å². The second-order valence-corrected chi connectivity index (χ2v) is 5.23. The summed E-state index contributed by atoms with van der Waals surface area (Å²) < 4.78 is 15.2. The SMILES string of the molecule is COc1cc(C=CC(=O)OCOc2ccc(/C=C/C(=O)O)cc2)ccc1O. The smallest absolute Gasteiger partial charge is 0.333 e. The highest BCUT2D eigenvalue weighted by atomic mass is 16.7. The van der Waals surface area contributed by atoms with Gasteiger partial charge in [-0.05, 0) is 47.5 Å². The maximum atomic E-state index is 11.7. The highest BCUT2D eigenvalue weighted by Crippen LogP contribution is 2.26. The molecule has 0 heterocycles. The van der Waals surface area contributed by atoms with Gasteiger partial charge in [-0.15, -0.1) is 0 Å². The van der Waals surface area contributed by atoms with Crippen molar-refractivity contribution in [1.29, 1.82) is 0 Å². The van der Waals surface area contributed by atoms with Gasteiger partial charge >= 0.3 is 11.9 Å². The van der Waals surface area contributed by atoms with E-state index < -0.39 is 11.9 Å². The summed E-state index contributed by atoms with van der Waals surface area (Å²) in [6.07, 6.45) is 5.24. The Kier molecular flexibility index (Phi) is 7.01. The van der Waals surface area contributed by atoms with Gasteiger partial charge < -0.3 is 24.4 Å². The highest BCUT2D eigenvalue weighted by Gasteiger charge is 2.02. The molecule has 2 N–H and O–H groups in total. The fraction of sp³-hybridized carbons (Fsp3) is 0.100. The number of carbonyl (C=O) groups excluding carboxylic acids is 1. The van der Waals surface area contributed by atoms with E-state index in [4.69, 9.17) is 19.3 Å². The number of rotatable bonds is 8. The maximum absolute atomic E-state index is 11.7. The Labute approximate surface area is 155 Å². The normalized spacial score (nSPS) is 10.9. The molecule has 140 valence electrons. The molecule has 0 fully saturated rings. The summed E-state index contributed by atoms with van der Waals surface area (Å²) in [5.41, 5.74) is 1.36. The van der Waals surface area contributed by atoms with Crippen LogP contribution in [-0.4, -0.2) is 36.1 Å². The summed E-state index contributed by atoms with van der Waals surface area (Å²) in [4.78, 5) is 22.1. The van der Waals surface area contributed by atoms with E-state index in [9.17, 15) is 14.7 Å². The third-order valence-electron chi connectivity index (χ3n) is 3.34. The van der Waals surface area contributed by atoms with Crippen molar-refractivity contribution in [3.05, 3.63) is 65.7 Å². The van der Waals surface area contributed by atoms with Gasteiger partial charge in [0.1, 0.15) is 5.75 Å². The summed E-state index contributed by atoms with van der Waals surface area (Å²) in [7, 11) is 1.43. The van der Waals surface area contributed by atoms with Crippen LogP contribution in [0.3, 0.4) is 0 Å². The van der Waals surface area contributed by atoms with E-state index in [-0.39, 0.29) is 12.5 Å². The van der Waals surface area contributed by atoms with Crippen LogP contribution < -0.4 is 9.47 Å². The summed E-state index contributed by atoms with van der Waals surface area (Å²) in [6, 6.07) is 11.3. The lowest BCUT2D eigenvalue weighted by Gasteiger charge is -2.06. The molecule has 0 saturated heterocycles. The van der Waals surface area contributed by atoms with Crippen molar-refractivity contribution in [3.8, 4) is 17.2 Å². The molecule has 2 rings (SSSR count). The second kappa shape index (κ2) is 9.67. The number of benzene rings is 2. The molecule has 0 aromatic heterocycles. The van der Waals surface area contributed by atoms with Crippen molar-refractivity contribution in [1.82, 2.24) is 0 Å². The van der Waals surface area contributed by atoms with E-state index in [2.05, 4.69) is 0 Å². The van der Waals surface area contributed by atoms with Gasteiger partial charge in [0.25, 0.3) is 0 Å². The molecule has 0 atom stereocenters. The van der Waals surface area contributed by atoms with Gasteiger partial charge in [-0.3, -0.25) is 0 Å². The van der Waals surface area contributed by atoms with Gasteiger partial charge in [-0.2, -0.15) is 0 Å². The average Bonchev–Trinajstić information content (AvgIpc) is 2.66. The van der Waals surface area contributed by atoms with Crippen LogP contribution in [0.5, 0.6) is 17.2 Å². The molecule has 0 amide bonds. The zero-order chi connectivity index (χ0) is 19.6. The Morgan fingerprint density at radius 1 is 1.00 bits per heavy atom. The average molecular weight is 370 g/mol. The Balaban J connectivity index is 1.81. The predicted octanol–water partition coefficient (Wildman–Crippen LogP) is 3.09. The van der Waals surface area contributed by atoms with Gasteiger partial charge in [0.2, 0.25) is 6.79 Å². The molecule has 0 aliphatic rings. The highest BCUT2D eigenvalue weighted by molar-refractivity contribution is 5.87. The fourth-order valence-electron chi connectivity index (χ4n) is 2.01. The number of methoxy groups -OCH3 is 1. The molecule has 0 spiro atoms. The lowest BCUT2D eigenvalue weighted by atomic mass is 10.2. The van der Waals surface area contributed by atoms with Crippen molar-refractivity contribution in [2.45, 2.75) is 0 Å². The Hall–Kier alpha value is -3.74. The number of hydrogen-bond donors (Lipinski definition) is 2. The molecular formula is C20H18O7. The van der Waals surface area contributed by atoms with E-state index >= 15 is 0 Å². The number of phenolic OH excluding ortho intramolecular Hbond substituents is 1. The van der Waals surface area contributed by atoms with Crippen LogP contribution in [0.2, 0.25) is 0 Å². The Bertz CT molecular complexity index is 851. The first-order valence-electron chi connectivity index (χ1n) is 7.83. The van der Waals surface area contributed by atoms with Crippen LogP contribution in [-0.2, 0) is 14.3 Å². The summed E-state index contributed by atoms with van der Waals surface area (Å²) in [5, 5.41) is 18.1.